The van der Waals surface area contributed by atoms with Gasteiger partial charge >= 0.3 is 0 Å². The van der Waals surface area contributed by atoms with Gasteiger partial charge in [-0.3, -0.25) is 4.79 Å². The van der Waals surface area contributed by atoms with Crippen molar-refractivity contribution < 1.29 is 4.79 Å². The molecule has 1 amide bonds. The van der Waals surface area contributed by atoms with Crippen molar-refractivity contribution in [2.45, 2.75) is 12.8 Å². The lowest BCUT2D eigenvalue weighted by atomic mass is 9.96. The average molecular weight is 253 g/mol. The summed E-state index contributed by atoms with van der Waals surface area (Å²) in [6.45, 7) is 2.32. The molecule has 2 N–H and O–H groups in total. The summed E-state index contributed by atoms with van der Waals surface area (Å²) in [6.07, 6.45) is 2.01. The molecule has 17 heavy (non-hydrogen) atoms. The van der Waals surface area contributed by atoms with Crippen LogP contribution in [0, 0.1) is 5.92 Å². The van der Waals surface area contributed by atoms with Crippen LogP contribution in [0.2, 0.25) is 5.02 Å². The number of piperidine rings is 1. The fourth-order valence-electron chi connectivity index (χ4n) is 2.18. The first-order chi connectivity index (χ1) is 8.20. The largest absolute Gasteiger partial charge is 0.339 e. The predicted octanol–water partition coefficient (Wildman–Crippen LogP) is 2.15. The second-order valence-corrected chi connectivity index (χ2v) is 4.92. The van der Waals surface area contributed by atoms with Crippen molar-refractivity contribution in [3.63, 3.8) is 0 Å². The number of hydrogen-bond acceptors (Lipinski definition) is 2. The van der Waals surface area contributed by atoms with Gasteiger partial charge in [0.25, 0.3) is 5.91 Å². The van der Waals surface area contributed by atoms with Crippen LogP contribution < -0.4 is 5.73 Å². The van der Waals surface area contributed by atoms with Gasteiger partial charge in [-0.2, -0.15) is 0 Å². The number of carbonyl (C=O) groups is 1. The highest BCUT2D eigenvalue weighted by Crippen LogP contribution is 2.19. The molecule has 0 aromatic heterocycles. The van der Waals surface area contributed by atoms with Crippen LogP contribution >= 0.6 is 11.6 Å². The van der Waals surface area contributed by atoms with Crippen LogP contribution in [0.25, 0.3) is 0 Å². The Labute approximate surface area is 107 Å². The van der Waals surface area contributed by atoms with Crippen LogP contribution in [-0.4, -0.2) is 30.4 Å². The number of carbonyl (C=O) groups excluding carboxylic acids is 1. The van der Waals surface area contributed by atoms with E-state index in [4.69, 9.17) is 17.3 Å². The zero-order valence-corrected chi connectivity index (χ0v) is 10.5. The predicted molar refractivity (Wildman–Crippen MR) is 69.1 cm³/mol. The summed E-state index contributed by atoms with van der Waals surface area (Å²) in [5.41, 5.74) is 6.30. The van der Waals surface area contributed by atoms with Gasteiger partial charge in [0.15, 0.2) is 0 Å². The highest BCUT2D eigenvalue weighted by atomic mass is 35.5. The third-order valence-corrected chi connectivity index (χ3v) is 3.54. The summed E-state index contributed by atoms with van der Waals surface area (Å²) in [5, 5.41) is 0.604. The summed E-state index contributed by atoms with van der Waals surface area (Å²) < 4.78 is 0. The van der Waals surface area contributed by atoms with Gasteiger partial charge in [-0.1, -0.05) is 17.7 Å². The third-order valence-electron chi connectivity index (χ3n) is 3.31. The lowest BCUT2D eigenvalue weighted by molar-refractivity contribution is 0.0693. The van der Waals surface area contributed by atoms with E-state index in [-0.39, 0.29) is 5.91 Å². The fraction of sp³-hybridized carbons (Fsp3) is 0.462. The molecule has 1 aliphatic heterocycles. The van der Waals surface area contributed by atoms with E-state index >= 15 is 0 Å². The van der Waals surface area contributed by atoms with Crippen LogP contribution in [0.15, 0.2) is 24.3 Å². The first-order valence-electron chi connectivity index (χ1n) is 5.95. The molecule has 0 unspecified atom stereocenters. The van der Waals surface area contributed by atoms with Crippen molar-refractivity contribution >= 4 is 17.5 Å². The van der Waals surface area contributed by atoms with E-state index in [1.807, 2.05) is 17.0 Å². The minimum Gasteiger partial charge on any atom is -0.339 e. The van der Waals surface area contributed by atoms with Crippen molar-refractivity contribution in [2.75, 3.05) is 19.6 Å². The molecule has 0 saturated carbocycles. The van der Waals surface area contributed by atoms with Gasteiger partial charge in [0.1, 0.15) is 0 Å². The third kappa shape index (κ3) is 2.99. The van der Waals surface area contributed by atoms with Crippen molar-refractivity contribution in [3.8, 4) is 0 Å². The molecular weight excluding hydrogens is 236 g/mol. The molecule has 1 saturated heterocycles. The molecule has 0 aliphatic carbocycles. The molecule has 0 bridgehead atoms. The molecular formula is C13H17ClN2O. The molecule has 0 radical (unpaired) electrons. The van der Waals surface area contributed by atoms with Crippen LogP contribution in [0.3, 0.4) is 0 Å². The summed E-state index contributed by atoms with van der Waals surface area (Å²) in [4.78, 5) is 14.1. The SMILES string of the molecule is NCC1CCN(C(=O)c2cccc(Cl)c2)CC1. The van der Waals surface area contributed by atoms with Crippen molar-refractivity contribution in [2.24, 2.45) is 11.7 Å². The molecule has 92 valence electrons. The van der Waals surface area contributed by atoms with Crippen molar-refractivity contribution in [3.05, 3.63) is 34.9 Å². The van der Waals surface area contributed by atoms with E-state index in [0.29, 0.717) is 16.5 Å². The number of nitrogens with two attached hydrogens (primary N) is 1. The molecule has 4 heteroatoms. The quantitative estimate of drug-likeness (QED) is 0.877. The Hall–Kier alpha value is -1.06. The first kappa shape index (κ1) is 12.4. The van der Waals surface area contributed by atoms with E-state index in [1.165, 1.54) is 0 Å². The van der Waals surface area contributed by atoms with Gasteiger partial charge in [-0.15, -0.1) is 0 Å². The normalized spacial score (nSPS) is 17.2. The lowest BCUT2D eigenvalue weighted by Crippen LogP contribution is -2.40. The molecule has 1 aromatic rings. The Kier molecular flexibility index (Phi) is 4.02. The van der Waals surface area contributed by atoms with E-state index in [0.717, 1.165) is 32.5 Å². The first-order valence-corrected chi connectivity index (χ1v) is 6.33. The summed E-state index contributed by atoms with van der Waals surface area (Å²) in [7, 11) is 0. The van der Waals surface area contributed by atoms with Gasteiger partial charge in [0.05, 0.1) is 0 Å². The van der Waals surface area contributed by atoms with Gasteiger partial charge in [0.2, 0.25) is 0 Å². The Bertz CT molecular complexity index is 400. The summed E-state index contributed by atoms with van der Waals surface area (Å²) >= 11 is 5.89. The molecule has 1 aromatic carbocycles. The van der Waals surface area contributed by atoms with Crippen LogP contribution in [0.4, 0.5) is 0 Å². The maximum absolute atomic E-state index is 12.2. The maximum atomic E-state index is 12.2. The molecule has 1 heterocycles. The Morgan fingerprint density at radius 1 is 1.41 bits per heavy atom. The summed E-state index contributed by atoms with van der Waals surface area (Å²) in [6, 6.07) is 7.11. The van der Waals surface area contributed by atoms with Crippen LogP contribution in [-0.2, 0) is 0 Å². The summed E-state index contributed by atoms with van der Waals surface area (Å²) in [5.74, 6) is 0.640. The molecule has 1 aliphatic rings. The van der Waals surface area contributed by atoms with Gasteiger partial charge in [0, 0.05) is 23.7 Å². The van der Waals surface area contributed by atoms with Gasteiger partial charge in [-0.25, -0.2) is 0 Å². The second-order valence-electron chi connectivity index (χ2n) is 4.48. The molecule has 1 fully saturated rings. The topological polar surface area (TPSA) is 46.3 Å². The molecule has 3 nitrogen and oxygen atoms in total. The molecule has 2 rings (SSSR count). The van der Waals surface area contributed by atoms with Crippen molar-refractivity contribution in [1.29, 1.82) is 0 Å². The monoisotopic (exact) mass is 252 g/mol. The number of rotatable bonds is 2. The zero-order valence-electron chi connectivity index (χ0n) is 9.73. The number of nitrogens with zero attached hydrogens (tertiary/aromatic N) is 1. The van der Waals surface area contributed by atoms with E-state index in [1.54, 1.807) is 12.1 Å². The number of amides is 1. The Morgan fingerprint density at radius 2 is 2.12 bits per heavy atom. The number of hydrogen-bond donors (Lipinski definition) is 1. The van der Waals surface area contributed by atoms with Crippen LogP contribution in [0.1, 0.15) is 23.2 Å². The second kappa shape index (κ2) is 5.52. The lowest BCUT2D eigenvalue weighted by Gasteiger charge is -2.31. The molecule has 0 spiro atoms. The standard InChI is InChI=1S/C13H17ClN2O/c14-12-3-1-2-11(8-12)13(17)16-6-4-10(9-15)5-7-16/h1-3,8,10H,4-7,9,15H2. The van der Waals surface area contributed by atoms with E-state index < -0.39 is 0 Å². The molecule has 0 atom stereocenters. The minimum absolute atomic E-state index is 0.0722. The minimum atomic E-state index is 0.0722. The highest BCUT2D eigenvalue weighted by Gasteiger charge is 2.22. The number of likely N-dealkylation sites (tertiary alicyclic amines) is 1. The zero-order chi connectivity index (χ0) is 12.3. The van der Waals surface area contributed by atoms with Gasteiger partial charge in [-0.05, 0) is 43.5 Å². The Morgan fingerprint density at radius 3 is 2.71 bits per heavy atom. The van der Waals surface area contributed by atoms with E-state index in [2.05, 4.69) is 0 Å². The number of benzene rings is 1. The highest BCUT2D eigenvalue weighted by molar-refractivity contribution is 6.30. The maximum Gasteiger partial charge on any atom is 0.253 e. The Balaban J connectivity index is 2.02. The smallest absolute Gasteiger partial charge is 0.253 e. The number of halogens is 1. The average Bonchev–Trinajstić information content (AvgIpc) is 2.38. The fourth-order valence-corrected chi connectivity index (χ4v) is 2.37. The van der Waals surface area contributed by atoms with Crippen LogP contribution in [0.5, 0.6) is 0 Å². The van der Waals surface area contributed by atoms with E-state index in [9.17, 15) is 4.79 Å². The van der Waals surface area contributed by atoms with Gasteiger partial charge < -0.3 is 10.6 Å². The van der Waals surface area contributed by atoms with Crippen molar-refractivity contribution in [1.82, 2.24) is 4.90 Å².